The first kappa shape index (κ1) is 23.7. The van der Waals surface area contributed by atoms with Crippen LogP contribution >= 0.6 is 0 Å². The molecule has 0 bridgehead atoms. The van der Waals surface area contributed by atoms with E-state index in [1.54, 1.807) is 29.2 Å². The van der Waals surface area contributed by atoms with Crippen molar-refractivity contribution >= 4 is 23.6 Å². The van der Waals surface area contributed by atoms with Crippen LogP contribution in [0.15, 0.2) is 48.5 Å². The Kier molecular flexibility index (Phi) is 6.82. The Hall–Kier alpha value is -3.48. The molecule has 0 saturated carbocycles. The highest BCUT2D eigenvalue weighted by atomic mass is 16.2. The van der Waals surface area contributed by atoms with Crippen LogP contribution in [0.1, 0.15) is 69.7 Å². The fraction of sp³-hybridized carbons (Fsp3) is 0.407. The molecule has 1 fully saturated rings. The monoisotopic (exact) mass is 461 g/mol. The average molecular weight is 462 g/mol. The van der Waals surface area contributed by atoms with Crippen LogP contribution in [0.4, 0.5) is 0 Å². The fourth-order valence-electron chi connectivity index (χ4n) is 4.80. The Labute approximate surface area is 200 Å². The van der Waals surface area contributed by atoms with Crippen molar-refractivity contribution in [1.29, 1.82) is 0 Å². The van der Waals surface area contributed by atoms with Crippen LogP contribution in [0.3, 0.4) is 0 Å². The Morgan fingerprint density at radius 2 is 1.50 bits per heavy atom. The summed E-state index contributed by atoms with van der Waals surface area (Å²) in [6.07, 6.45) is 1.66. The molecule has 178 valence electrons. The minimum atomic E-state index is -0.828. The highest BCUT2D eigenvalue weighted by Gasteiger charge is 2.44. The number of aryl methyl sites for hydroxylation is 1. The van der Waals surface area contributed by atoms with Crippen LogP contribution in [-0.2, 0) is 4.79 Å². The number of fused-ring (bicyclic) bond motifs is 1. The van der Waals surface area contributed by atoms with E-state index in [9.17, 15) is 19.2 Å². The van der Waals surface area contributed by atoms with E-state index in [2.05, 4.69) is 5.32 Å². The lowest BCUT2D eigenvalue weighted by Crippen LogP contribution is -2.54. The molecule has 0 aliphatic carbocycles. The minimum absolute atomic E-state index is 0.0287. The second-order valence-electron chi connectivity index (χ2n) is 9.56. The molecule has 2 aromatic carbocycles. The molecule has 2 aliphatic heterocycles. The smallest absolute Gasteiger partial charge is 0.262 e. The molecule has 34 heavy (non-hydrogen) atoms. The highest BCUT2D eigenvalue weighted by Crippen LogP contribution is 2.28. The van der Waals surface area contributed by atoms with Gasteiger partial charge in [-0.3, -0.25) is 24.1 Å². The van der Waals surface area contributed by atoms with Crippen molar-refractivity contribution in [3.8, 4) is 0 Å². The van der Waals surface area contributed by atoms with Crippen molar-refractivity contribution in [2.75, 3.05) is 13.1 Å². The SMILES string of the molecule is Cc1ccccc1C(=O)NC1CCN(C(=O)C(CC(C)C)N2C(=O)c3ccccc3C2=O)CC1. The molecule has 0 aromatic heterocycles. The van der Waals surface area contributed by atoms with Gasteiger partial charge in [-0.05, 0) is 55.9 Å². The standard InChI is InChI=1S/C27H31N3O4/c1-17(2)16-23(30-25(32)21-10-6-7-11-22(21)26(30)33)27(34)29-14-12-19(13-15-29)28-24(31)20-9-5-4-8-18(20)3/h4-11,17,19,23H,12-16H2,1-3H3,(H,28,31). The third-order valence-corrected chi connectivity index (χ3v) is 6.65. The first-order valence-corrected chi connectivity index (χ1v) is 11.9. The summed E-state index contributed by atoms with van der Waals surface area (Å²) in [7, 11) is 0. The predicted octanol–water partition coefficient (Wildman–Crippen LogP) is 3.43. The van der Waals surface area contributed by atoms with Gasteiger partial charge in [-0.15, -0.1) is 0 Å². The van der Waals surface area contributed by atoms with Crippen molar-refractivity contribution in [3.63, 3.8) is 0 Å². The molecule has 4 amide bonds. The number of nitrogens with zero attached hydrogens (tertiary/aromatic N) is 2. The first-order chi connectivity index (χ1) is 16.3. The highest BCUT2D eigenvalue weighted by molar-refractivity contribution is 6.22. The molecule has 4 rings (SSSR count). The minimum Gasteiger partial charge on any atom is -0.349 e. The summed E-state index contributed by atoms with van der Waals surface area (Å²) < 4.78 is 0. The van der Waals surface area contributed by atoms with Crippen LogP contribution < -0.4 is 5.32 Å². The van der Waals surface area contributed by atoms with E-state index >= 15 is 0 Å². The van der Waals surface area contributed by atoms with E-state index in [0.29, 0.717) is 49.0 Å². The zero-order valence-electron chi connectivity index (χ0n) is 19.9. The molecule has 2 aromatic rings. The summed E-state index contributed by atoms with van der Waals surface area (Å²) in [4.78, 5) is 55.2. The van der Waals surface area contributed by atoms with Crippen molar-refractivity contribution in [3.05, 3.63) is 70.8 Å². The van der Waals surface area contributed by atoms with Crippen LogP contribution in [0, 0.1) is 12.8 Å². The molecule has 7 heteroatoms. The molecule has 0 radical (unpaired) electrons. The normalized spacial score (nSPS) is 17.2. The van der Waals surface area contributed by atoms with Gasteiger partial charge in [-0.25, -0.2) is 0 Å². The van der Waals surface area contributed by atoms with Gasteiger partial charge in [-0.1, -0.05) is 44.2 Å². The number of benzene rings is 2. The molecule has 2 aliphatic rings. The second-order valence-corrected chi connectivity index (χ2v) is 9.56. The summed E-state index contributed by atoms with van der Waals surface area (Å²) in [5.74, 6) is -0.984. The molecular weight excluding hydrogens is 430 g/mol. The Morgan fingerprint density at radius 1 is 0.941 bits per heavy atom. The zero-order valence-corrected chi connectivity index (χ0v) is 19.9. The number of rotatable bonds is 6. The Balaban J connectivity index is 1.43. The maximum atomic E-state index is 13.6. The summed E-state index contributed by atoms with van der Waals surface area (Å²) in [5.41, 5.74) is 2.28. The molecule has 2 heterocycles. The number of carbonyl (C=O) groups excluding carboxylic acids is 4. The number of nitrogens with one attached hydrogen (secondary N) is 1. The molecule has 1 saturated heterocycles. The number of carbonyl (C=O) groups is 4. The number of amides is 4. The molecular formula is C27H31N3O4. The summed E-state index contributed by atoms with van der Waals surface area (Å²) in [6.45, 7) is 6.80. The first-order valence-electron chi connectivity index (χ1n) is 11.9. The van der Waals surface area contributed by atoms with Gasteiger partial charge in [0.1, 0.15) is 6.04 Å². The van der Waals surface area contributed by atoms with Gasteiger partial charge < -0.3 is 10.2 Å². The van der Waals surface area contributed by atoms with Gasteiger partial charge in [0.25, 0.3) is 17.7 Å². The van der Waals surface area contributed by atoms with Gasteiger partial charge in [-0.2, -0.15) is 0 Å². The van der Waals surface area contributed by atoms with Gasteiger partial charge in [0, 0.05) is 24.7 Å². The van der Waals surface area contributed by atoms with Crippen molar-refractivity contribution in [2.24, 2.45) is 5.92 Å². The van der Waals surface area contributed by atoms with Crippen molar-refractivity contribution in [2.45, 2.75) is 52.1 Å². The third-order valence-electron chi connectivity index (χ3n) is 6.65. The van der Waals surface area contributed by atoms with Gasteiger partial charge >= 0.3 is 0 Å². The van der Waals surface area contributed by atoms with Crippen LogP contribution in [0.5, 0.6) is 0 Å². The summed E-state index contributed by atoms with van der Waals surface area (Å²) in [5, 5.41) is 3.08. The van der Waals surface area contributed by atoms with Crippen LogP contribution in [0.2, 0.25) is 0 Å². The number of imide groups is 1. The quantitative estimate of drug-likeness (QED) is 0.668. The number of piperidine rings is 1. The second kappa shape index (κ2) is 9.79. The number of hydrogen-bond acceptors (Lipinski definition) is 4. The zero-order chi connectivity index (χ0) is 24.4. The van der Waals surface area contributed by atoms with E-state index in [1.807, 2.05) is 45.0 Å². The van der Waals surface area contributed by atoms with Crippen LogP contribution in [0.25, 0.3) is 0 Å². The lowest BCUT2D eigenvalue weighted by molar-refractivity contribution is -0.137. The fourth-order valence-corrected chi connectivity index (χ4v) is 4.80. The molecule has 7 nitrogen and oxygen atoms in total. The average Bonchev–Trinajstić information content (AvgIpc) is 3.08. The van der Waals surface area contributed by atoms with Crippen molar-refractivity contribution in [1.82, 2.24) is 15.1 Å². The molecule has 0 spiro atoms. The summed E-state index contributed by atoms with van der Waals surface area (Å²) >= 11 is 0. The van der Waals surface area contributed by atoms with E-state index in [4.69, 9.17) is 0 Å². The maximum absolute atomic E-state index is 13.6. The topological polar surface area (TPSA) is 86.8 Å². The lowest BCUT2D eigenvalue weighted by Gasteiger charge is -2.37. The van der Waals surface area contributed by atoms with E-state index in [0.717, 1.165) is 10.5 Å². The molecule has 1 atom stereocenters. The van der Waals surface area contributed by atoms with Crippen LogP contribution in [-0.4, -0.2) is 58.6 Å². The van der Waals surface area contributed by atoms with Gasteiger partial charge in [0.05, 0.1) is 11.1 Å². The number of hydrogen-bond donors (Lipinski definition) is 1. The van der Waals surface area contributed by atoms with Crippen molar-refractivity contribution < 1.29 is 19.2 Å². The molecule has 1 N–H and O–H groups in total. The largest absolute Gasteiger partial charge is 0.349 e. The Bertz CT molecular complexity index is 1080. The Morgan fingerprint density at radius 3 is 2.06 bits per heavy atom. The third kappa shape index (κ3) is 4.60. The molecule has 1 unspecified atom stereocenters. The summed E-state index contributed by atoms with van der Waals surface area (Å²) in [6, 6.07) is 13.3. The van der Waals surface area contributed by atoms with Gasteiger partial charge in [0.15, 0.2) is 0 Å². The van der Waals surface area contributed by atoms with E-state index in [-0.39, 0.29) is 23.8 Å². The predicted molar refractivity (Wildman–Crippen MR) is 128 cm³/mol. The van der Waals surface area contributed by atoms with Gasteiger partial charge in [0.2, 0.25) is 5.91 Å². The van der Waals surface area contributed by atoms with E-state index in [1.165, 1.54) is 0 Å². The lowest BCUT2D eigenvalue weighted by atomic mass is 9.98. The maximum Gasteiger partial charge on any atom is 0.262 e. The number of likely N-dealkylation sites (tertiary alicyclic amines) is 1. The van der Waals surface area contributed by atoms with E-state index < -0.39 is 17.9 Å².